The maximum atomic E-state index is 13.0. The van der Waals surface area contributed by atoms with E-state index in [0.717, 1.165) is 31.5 Å². The minimum absolute atomic E-state index is 0.115. The SMILES string of the molecule is CN(C)CCCCN1C(=O)CNC1c1ccc(F)cc1. The Hall–Kier alpha value is -1.46. The molecule has 1 N–H and O–H groups in total. The zero-order valence-electron chi connectivity index (χ0n) is 12.1. The fourth-order valence-corrected chi connectivity index (χ4v) is 2.45. The van der Waals surface area contributed by atoms with Crippen LogP contribution in [0.15, 0.2) is 24.3 Å². The lowest BCUT2D eigenvalue weighted by atomic mass is 10.1. The summed E-state index contributed by atoms with van der Waals surface area (Å²) in [5.41, 5.74) is 0.935. The van der Waals surface area contributed by atoms with E-state index in [1.165, 1.54) is 12.1 Å². The van der Waals surface area contributed by atoms with E-state index in [1.807, 2.05) is 19.0 Å². The van der Waals surface area contributed by atoms with E-state index >= 15 is 0 Å². The summed E-state index contributed by atoms with van der Waals surface area (Å²) < 4.78 is 13.0. The van der Waals surface area contributed by atoms with Crippen molar-refractivity contribution in [3.63, 3.8) is 0 Å². The smallest absolute Gasteiger partial charge is 0.238 e. The average Bonchev–Trinajstić information content (AvgIpc) is 2.77. The number of hydrogen-bond acceptors (Lipinski definition) is 3. The van der Waals surface area contributed by atoms with Crippen molar-refractivity contribution >= 4 is 5.91 Å². The van der Waals surface area contributed by atoms with Crippen molar-refractivity contribution in [3.8, 4) is 0 Å². The van der Waals surface area contributed by atoms with Gasteiger partial charge in [0.1, 0.15) is 12.0 Å². The molecule has 0 bridgehead atoms. The fraction of sp³-hybridized carbons (Fsp3) is 0.533. The molecule has 0 aromatic heterocycles. The number of hydrogen-bond donors (Lipinski definition) is 1. The lowest BCUT2D eigenvalue weighted by molar-refractivity contribution is -0.128. The van der Waals surface area contributed by atoms with Crippen molar-refractivity contribution < 1.29 is 9.18 Å². The maximum Gasteiger partial charge on any atom is 0.238 e. The van der Waals surface area contributed by atoms with Gasteiger partial charge in [0.25, 0.3) is 0 Å². The summed E-state index contributed by atoms with van der Waals surface area (Å²) in [6, 6.07) is 6.34. The van der Waals surface area contributed by atoms with E-state index in [1.54, 1.807) is 12.1 Å². The molecule has 1 unspecified atom stereocenters. The van der Waals surface area contributed by atoms with Crippen LogP contribution in [-0.4, -0.2) is 49.4 Å². The average molecular weight is 279 g/mol. The summed E-state index contributed by atoms with van der Waals surface area (Å²) in [6.07, 6.45) is 1.92. The molecule has 1 atom stereocenters. The van der Waals surface area contributed by atoms with Gasteiger partial charge in [-0.15, -0.1) is 0 Å². The van der Waals surface area contributed by atoms with Gasteiger partial charge in [-0.2, -0.15) is 0 Å². The van der Waals surface area contributed by atoms with E-state index in [0.29, 0.717) is 6.54 Å². The fourth-order valence-electron chi connectivity index (χ4n) is 2.45. The summed E-state index contributed by atoms with van der Waals surface area (Å²) in [6.45, 7) is 2.12. The number of nitrogens with zero attached hydrogens (tertiary/aromatic N) is 2. The molecule has 110 valence electrons. The molecule has 0 spiro atoms. The highest BCUT2D eigenvalue weighted by Gasteiger charge is 2.30. The number of halogens is 1. The maximum absolute atomic E-state index is 13.0. The molecule has 1 aromatic rings. The van der Waals surface area contributed by atoms with E-state index < -0.39 is 0 Å². The molecule has 1 heterocycles. The van der Waals surface area contributed by atoms with E-state index in [4.69, 9.17) is 0 Å². The highest BCUT2D eigenvalue weighted by Crippen LogP contribution is 2.23. The third-order valence-corrected chi connectivity index (χ3v) is 3.52. The molecule has 1 aliphatic heterocycles. The zero-order valence-corrected chi connectivity index (χ0v) is 12.1. The molecule has 1 fully saturated rings. The Kier molecular flexibility index (Phi) is 5.09. The quantitative estimate of drug-likeness (QED) is 0.803. The highest BCUT2D eigenvalue weighted by atomic mass is 19.1. The van der Waals surface area contributed by atoms with Crippen molar-refractivity contribution in [2.24, 2.45) is 0 Å². The van der Waals surface area contributed by atoms with Crippen molar-refractivity contribution in [2.45, 2.75) is 19.0 Å². The molecular formula is C15H22FN3O. The summed E-state index contributed by atoms with van der Waals surface area (Å²) in [5.74, 6) is -0.139. The summed E-state index contributed by atoms with van der Waals surface area (Å²) in [4.78, 5) is 15.9. The Morgan fingerprint density at radius 3 is 2.65 bits per heavy atom. The first-order chi connectivity index (χ1) is 9.58. The minimum Gasteiger partial charge on any atom is -0.322 e. The molecule has 1 amide bonds. The normalized spacial score (nSPS) is 19.1. The number of rotatable bonds is 6. The molecule has 2 rings (SSSR count). The van der Waals surface area contributed by atoms with Gasteiger partial charge in [-0.1, -0.05) is 12.1 Å². The monoisotopic (exact) mass is 279 g/mol. The van der Waals surface area contributed by atoms with Crippen LogP contribution in [0.4, 0.5) is 4.39 Å². The Labute approximate surface area is 119 Å². The van der Waals surface area contributed by atoms with Gasteiger partial charge >= 0.3 is 0 Å². The van der Waals surface area contributed by atoms with Gasteiger partial charge < -0.3 is 9.80 Å². The van der Waals surface area contributed by atoms with Crippen LogP contribution < -0.4 is 5.32 Å². The number of carbonyl (C=O) groups excluding carboxylic acids is 1. The van der Waals surface area contributed by atoms with Crippen LogP contribution in [0.1, 0.15) is 24.6 Å². The van der Waals surface area contributed by atoms with Crippen LogP contribution >= 0.6 is 0 Å². The standard InChI is InChI=1S/C15H22FN3O/c1-18(2)9-3-4-10-19-14(20)11-17-15(19)12-5-7-13(16)8-6-12/h5-8,15,17H,3-4,9-11H2,1-2H3. The van der Waals surface area contributed by atoms with Crippen LogP contribution in [0.2, 0.25) is 0 Å². The Morgan fingerprint density at radius 2 is 2.00 bits per heavy atom. The number of amides is 1. The van der Waals surface area contributed by atoms with E-state index in [9.17, 15) is 9.18 Å². The summed E-state index contributed by atoms with van der Waals surface area (Å²) in [7, 11) is 4.09. The summed E-state index contributed by atoms with van der Waals surface area (Å²) >= 11 is 0. The second-order valence-corrected chi connectivity index (χ2v) is 5.43. The van der Waals surface area contributed by atoms with Gasteiger partial charge in [-0.05, 0) is 51.2 Å². The van der Waals surface area contributed by atoms with Crippen molar-refractivity contribution in [2.75, 3.05) is 33.7 Å². The largest absolute Gasteiger partial charge is 0.322 e. The van der Waals surface area contributed by atoms with Gasteiger partial charge in [0.15, 0.2) is 0 Å². The highest BCUT2D eigenvalue weighted by molar-refractivity contribution is 5.80. The van der Waals surface area contributed by atoms with Crippen LogP contribution in [-0.2, 0) is 4.79 Å². The Balaban J connectivity index is 1.94. The van der Waals surface area contributed by atoms with E-state index in [-0.39, 0.29) is 17.9 Å². The first kappa shape index (κ1) is 14.9. The number of nitrogens with one attached hydrogen (secondary N) is 1. The molecule has 0 saturated carbocycles. The molecule has 4 nitrogen and oxygen atoms in total. The zero-order chi connectivity index (χ0) is 14.5. The molecule has 5 heteroatoms. The number of carbonyl (C=O) groups is 1. The first-order valence-corrected chi connectivity index (χ1v) is 7.01. The molecule has 0 aliphatic carbocycles. The van der Waals surface area contributed by atoms with Gasteiger partial charge in [0.2, 0.25) is 5.91 Å². The van der Waals surface area contributed by atoms with E-state index in [2.05, 4.69) is 10.2 Å². The third-order valence-electron chi connectivity index (χ3n) is 3.52. The third kappa shape index (κ3) is 3.77. The molecule has 1 aliphatic rings. The van der Waals surface area contributed by atoms with Gasteiger partial charge in [0.05, 0.1) is 6.54 Å². The molecule has 1 aromatic carbocycles. The van der Waals surface area contributed by atoms with Crippen LogP contribution in [0.3, 0.4) is 0 Å². The second-order valence-electron chi connectivity index (χ2n) is 5.43. The first-order valence-electron chi connectivity index (χ1n) is 7.01. The number of unbranched alkanes of at least 4 members (excludes halogenated alkanes) is 1. The van der Waals surface area contributed by atoms with Crippen molar-refractivity contribution in [3.05, 3.63) is 35.6 Å². The lowest BCUT2D eigenvalue weighted by Gasteiger charge is -2.25. The van der Waals surface area contributed by atoms with Gasteiger partial charge in [-0.25, -0.2) is 4.39 Å². The van der Waals surface area contributed by atoms with Crippen LogP contribution in [0.5, 0.6) is 0 Å². The Bertz CT molecular complexity index is 447. The topological polar surface area (TPSA) is 35.6 Å². The summed E-state index contributed by atoms with van der Waals surface area (Å²) in [5, 5.41) is 3.19. The second kappa shape index (κ2) is 6.81. The minimum atomic E-state index is -0.254. The number of benzene rings is 1. The predicted octanol–water partition coefficient (Wildman–Crippen LogP) is 1.60. The van der Waals surface area contributed by atoms with Gasteiger partial charge in [0, 0.05) is 6.54 Å². The molecule has 0 radical (unpaired) electrons. The van der Waals surface area contributed by atoms with Crippen molar-refractivity contribution in [1.29, 1.82) is 0 Å². The van der Waals surface area contributed by atoms with Crippen LogP contribution in [0.25, 0.3) is 0 Å². The predicted molar refractivity (Wildman–Crippen MR) is 76.6 cm³/mol. The van der Waals surface area contributed by atoms with Gasteiger partial charge in [-0.3, -0.25) is 10.1 Å². The Morgan fingerprint density at radius 1 is 1.30 bits per heavy atom. The van der Waals surface area contributed by atoms with Crippen LogP contribution in [0, 0.1) is 5.82 Å². The molecular weight excluding hydrogens is 257 g/mol. The molecule has 1 saturated heterocycles. The molecule has 20 heavy (non-hydrogen) atoms. The van der Waals surface area contributed by atoms with Crippen molar-refractivity contribution in [1.82, 2.24) is 15.1 Å². The lowest BCUT2D eigenvalue weighted by Crippen LogP contribution is -2.31.